The normalized spacial score (nSPS) is 10.2. The van der Waals surface area contributed by atoms with E-state index in [-0.39, 0.29) is 0 Å². The lowest BCUT2D eigenvalue weighted by molar-refractivity contribution is 0.415. The molecular weight excluding hydrogens is 246 g/mol. The molecule has 1 N–H and O–H groups in total. The van der Waals surface area contributed by atoms with E-state index >= 15 is 0 Å². The van der Waals surface area contributed by atoms with Gasteiger partial charge in [-0.1, -0.05) is 11.8 Å². The number of aryl methyl sites for hydroxylation is 1. The van der Waals surface area contributed by atoms with Gasteiger partial charge in [0.2, 0.25) is 0 Å². The summed E-state index contributed by atoms with van der Waals surface area (Å²) in [6.07, 6.45) is 1.96. The quantitative estimate of drug-likeness (QED) is 0.676. The van der Waals surface area contributed by atoms with Crippen molar-refractivity contribution in [3.05, 3.63) is 36.0 Å². The van der Waals surface area contributed by atoms with Crippen LogP contribution < -0.4 is 10.1 Å². The number of benzene rings is 1. The minimum Gasteiger partial charge on any atom is -0.497 e. The van der Waals surface area contributed by atoms with E-state index in [1.54, 1.807) is 7.11 Å². The second-order valence-electron chi connectivity index (χ2n) is 3.73. The van der Waals surface area contributed by atoms with Gasteiger partial charge in [-0.2, -0.15) is 0 Å². The zero-order chi connectivity index (χ0) is 13.0. The topological polar surface area (TPSA) is 47.0 Å². The average Bonchev–Trinajstić information content (AvgIpc) is 2.39. The fraction of sp³-hybridized carbons (Fsp3) is 0.231. The summed E-state index contributed by atoms with van der Waals surface area (Å²) in [6, 6.07) is 9.64. The predicted octanol–water partition coefficient (Wildman–Crippen LogP) is 3.26. The highest BCUT2D eigenvalue weighted by atomic mass is 32.2. The number of rotatable bonds is 4. The Hall–Kier alpha value is -1.75. The van der Waals surface area contributed by atoms with E-state index in [4.69, 9.17) is 4.74 Å². The first kappa shape index (κ1) is 12.7. The number of aromatic nitrogens is 2. The van der Waals surface area contributed by atoms with Gasteiger partial charge < -0.3 is 10.1 Å². The van der Waals surface area contributed by atoms with Crippen LogP contribution in [-0.4, -0.2) is 23.3 Å². The summed E-state index contributed by atoms with van der Waals surface area (Å²) in [4.78, 5) is 8.71. The SMILES string of the molecule is COc1ccc(Nc2cc(C)nc(SC)n2)cc1. The molecule has 0 aliphatic rings. The summed E-state index contributed by atoms with van der Waals surface area (Å²) in [5.41, 5.74) is 1.92. The summed E-state index contributed by atoms with van der Waals surface area (Å²) in [7, 11) is 1.65. The van der Waals surface area contributed by atoms with E-state index < -0.39 is 0 Å². The van der Waals surface area contributed by atoms with Crippen molar-refractivity contribution in [1.29, 1.82) is 0 Å². The second-order valence-corrected chi connectivity index (χ2v) is 4.51. The van der Waals surface area contributed by atoms with Gasteiger partial charge in [-0.15, -0.1) is 0 Å². The third-order valence-electron chi connectivity index (χ3n) is 2.38. The molecular formula is C13H15N3OS. The van der Waals surface area contributed by atoms with Gasteiger partial charge >= 0.3 is 0 Å². The number of ether oxygens (including phenoxy) is 1. The van der Waals surface area contributed by atoms with Crippen LogP contribution in [0.25, 0.3) is 0 Å². The second kappa shape index (κ2) is 5.73. The molecule has 2 aromatic rings. The van der Waals surface area contributed by atoms with Gasteiger partial charge in [-0.3, -0.25) is 0 Å². The maximum Gasteiger partial charge on any atom is 0.189 e. The van der Waals surface area contributed by atoms with Crippen molar-refractivity contribution in [2.24, 2.45) is 0 Å². The molecule has 0 radical (unpaired) electrons. The Morgan fingerprint density at radius 2 is 1.89 bits per heavy atom. The molecule has 0 saturated heterocycles. The molecule has 0 aliphatic carbocycles. The van der Waals surface area contributed by atoms with Gasteiger partial charge in [-0.25, -0.2) is 9.97 Å². The van der Waals surface area contributed by atoms with Crippen molar-refractivity contribution in [2.45, 2.75) is 12.1 Å². The van der Waals surface area contributed by atoms with Gasteiger partial charge in [0.25, 0.3) is 0 Å². The number of anilines is 2. The van der Waals surface area contributed by atoms with Gasteiger partial charge in [0.1, 0.15) is 11.6 Å². The zero-order valence-electron chi connectivity index (χ0n) is 10.6. The lowest BCUT2D eigenvalue weighted by atomic mass is 10.3. The minimum atomic E-state index is 0.769. The Kier molecular flexibility index (Phi) is 4.04. The fourth-order valence-electron chi connectivity index (χ4n) is 1.52. The molecule has 0 unspecified atom stereocenters. The van der Waals surface area contributed by atoms with E-state index in [1.165, 1.54) is 11.8 Å². The molecule has 2 rings (SSSR count). The van der Waals surface area contributed by atoms with Crippen LogP contribution in [0, 0.1) is 6.92 Å². The lowest BCUT2D eigenvalue weighted by Crippen LogP contribution is -1.98. The molecule has 0 saturated carbocycles. The van der Waals surface area contributed by atoms with Gasteiger partial charge in [-0.05, 0) is 37.4 Å². The molecule has 1 aromatic heterocycles. The largest absolute Gasteiger partial charge is 0.497 e. The van der Waals surface area contributed by atoms with E-state index in [2.05, 4.69) is 15.3 Å². The highest BCUT2D eigenvalue weighted by molar-refractivity contribution is 7.98. The Labute approximate surface area is 111 Å². The summed E-state index contributed by atoms with van der Waals surface area (Å²) in [6.45, 7) is 1.96. The van der Waals surface area contributed by atoms with Gasteiger partial charge in [0, 0.05) is 17.4 Å². The summed E-state index contributed by atoms with van der Waals surface area (Å²) >= 11 is 1.53. The molecule has 94 valence electrons. The van der Waals surface area contributed by atoms with Crippen LogP contribution in [-0.2, 0) is 0 Å². The minimum absolute atomic E-state index is 0.769. The smallest absolute Gasteiger partial charge is 0.189 e. The molecule has 0 bridgehead atoms. The standard InChI is InChI=1S/C13H15N3OS/c1-9-8-12(16-13(14-9)18-3)15-10-4-6-11(17-2)7-5-10/h4-8H,1-3H3,(H,14,15,16). The number of thioether (sulfide) groups is 1. The highest BCUT2D eigenvalue weighted by Crippen LogP contribution is 2.20. The van der Waals surface area contributed by atoms with E-state index in [1.807, 2.05) is 43.5 Å². The number of nitrogens with one attached hydrogen (secondary N) is 1. The molecule has 5 heteroatoms. The van der Waals surface area contributed by atoms with Crippen LogP contribution in [0.5, 0.6) is 5.75 Å². The zero-order valence-corrected chi connectivity index (χ0v) is 11.4. The van der Waals surface area contributed by atoms with Crippen LogP contribution in [0.15, 0.2) is 35.5 Å². The predicted molar refractivity (Wildman–Crippen MR) is 74.8 cm³/mol. The van der Waals surface area contributed by atoms with Crippen molar-refractivity contribution in [2.75, 3.05) is 18.7 Å². The summed E-state index contributed by atoms with van der Waals surface area (Å²) < 4.78 is 5.12. The van der Waals surface area contributed by atoms with Crippen LogP contribution in [0.4, 0.5) is 11.5 Å². The Morgan fingerprint density at radius 3 is 2.50 bits per heavy atom. The molecule has 0 aliphatic heterocycles. The number of hydrogen-bond donors (Lipinski definition) is 1. The number of nitrogens with zero attached hydrogens (tertiary/aromatic N) is 2. The summed E-state index contributed by atoms with van der Waals surface area (Å²) in [5, 5.41) is 4.02. The molecule has 4 nitrogen and oxygen atoms in total. The lowest BCUT2D eigenvalue weighted by Gasteiger charge is -2.08. The Bertz CT molecular complexity index is 528. The van der Waals surface area contributed by atoms with E-state index in [0.717, 1.165) is 28.1 Å². The number of hydrogen-bond acceptors (Lipinski definition) is 5. The third-order valence-corrected chi connectivity index (χ3v) is 2.93. The summed E-state index contributed by atoms with van der Waals surface area (Å²) in [5.74, 6) is 1.64. The molecule has 0 atom stereocenters. The number of methoxy groups -OCH3 is 1. The highest BCUT2D eigenvalue weighted by Gasteiger charge is 2.02. The van der Waals surface area contributed by atoms with Crippen LogP contribution in [0.1, 0.15) is 5.69 Å². The third kappa shape index (κ3) is 3.13. The molecule has 18 heavy (non-hydrogen) atoms. The fourth-order valence-corrected chi connectivity index (χ4v) is 1.94. The van der Waals surface area contributed by atoms with Crippen molar-refractivity contribution in [3.8, 4) is 5.75 Å². The van der Waals surface area contributed by atoms with Crippen LogP contribution >= 0.6 is 11.8 Å². The van der Waals surface area contributed by atoms with Crippen molar-refractivity contribution in [3.63, 3.8) is 0 Å². The monoisotopic (exact) mass is 261 g/mol. The first-order chi connectivity index (χ1) is 8.71. The molecule has 1 aromatic carbocycles. The molecule has 0 spiro atoms. The first-order valence-corrected chi connectivity index (χ1v) is 6.74. The van der Waals surface area contributed by atoms with Crippen LogP contribution in [0.2, 0.25) is 0 Å². The Balaban J connectivity index is 2.19. The Morgan fingerprint density at radius 1 is 1.17 bits per heavy atom. The molecule has 0 fully saturated rings. The first-order valence-electron chi connectivity index (χ1n) is 5.52. The van der Waals surface area contributed by atoms with Gasteiger partial charge in [0.15, 0.2) is 5.16 Å². The van der Waals surface area contributed by atoms with E-state index in [9.17, 15) is 0 Å². The van der Waals surface area contributed by atoms with Crippen molar-refractivity contribution in [1.82, 2.24) is 9.97 Å². The van der Waals surface area contributed by atoms with Gasteiger partial charge in [0.05, 0.1) is 7.11 Å². The molecule has 1 heterocycles. The van der Waals surface area contributed by atoms with Crippen molar-refractivity contribution < 1.29 is 4.74 Å². The van der Waals surface area contributed by atoms with Crippen LogP contribution in [0.3, 0.4) is 0 Å². The maximum atomic E-state index is 5.12. The van der Waals surface area contributed by atoms with Crippen molar-refractivity contribution >= 4 is 23.3 Å². The molecule has 0 amide bonds. The maximum absolute atomic E-state index is 5.12. The average molecular weight is 261 g/mol. The van der Waals surface area contributed by atoms with E-state index in [0.29, 0.717) is 0 Å².